The van der Waals surface area contributed by atoms with Crippen LogP contribution < -0.4 is 10.1 Å². The van der Waals surface area contributed by atoms with Gasteiger partial charge < -0.3 is 10.1 Å². The number of amides is 3. The molecule has 3 amide bonds. The van der Waals surface area contributed by atoms with E-state index in [1.54, 1.807) is 0 Å². The fourth-order valence-corrected chi connectivity index (χ4v) is 4.59. The molecular weight excluding hydrogens is 350 g/mol. The van der Waals surface area contributed by atoms with Crippen LogP contribution in [0.15, 0.2) is 48.5 Å². The Morgan fingerprint density at radius 1 is 1.15 bits per heavy atom. The van der Waals surface area contributed by atoms with Gasteiger partial charge in [-0.1, -0.05) is 30.3 Å². The van der Waals surface area contributed by atoms with E-state index < -0.39 is 5.54 Å². The van der Waals surface area contributed by atoms with Gasteiger partial charge in [-0.2, -0.15) is 0 Å². The molecule has 1 aromatic heterocycles. The molecule has 3 heterocycles. The van der Waals surface area contributed by atoms with Crippen LogP contribution in [0.3, 0.4) is 0 Å². The van der Waals surface area contributed by atoms with Crippen LogP contribution in [-0.4, -0.2) is 28.4 Å². The van der Waals surface area contributed by atoms with Gasteiger partial charge in [0.25, 0.3) is 5.91 Å². The maximum atomic E-state index is 13.2. The number of nitrogens with zero attached hydrogens (tertiary/aromatic N) is 2. The summed E-state index contributed by atoms with van der Waals surface area (Å²) in [6.45, 7) is 0.562. The quantitative estimate of drug-likeness (QED) is 0.709. The Morgan fingerprint density at radius 2 is 1.96 bits per heavy atom. The highest BCUT2D eigenvalue weighted by molar-refractivity contribution is 7.18. The summed E-state index contributed by atoms with van der Waals surface area (Å²) in [7, 11) is 0. The Morgan fingerprint density at radius 3 is 2.85 bits per heavy atom. The zero-order valence-corrected chi connectivity index (χ0v) is 14.6. The van der Waals surface area contributed by atoms with E-state index in [-0.39, 0.29) is 18.5 Å². The lowest BCUT2D eigenvalue weighted by Gasteiger charge is -2.33. The number of urea groups is 1. The largest absolute Gasteiger partial charge is 0.493 e. The minimum atomic E-state index is -1.04. The van der Waals surface area contributed by atoms with Crippen molar-refractivity contribution in [3.8, 4) is 5.75 Å². The summed E-state index contributed by atoms with van der Waals surface area (Å²) in [6, 6.07) is 14.8. The van der Waals surface area contributed by atoms with E-state index >= 15 is 0 Å². The summed E-state index contributed by atoms with van der Waals surface area (Å²) in [5.74, 6) is 0.409. The molecule has 1 atom stereocenters. The van der Waals surface area contributed by atoms with Crippen LogP contribution in [0.25, 0.3) is 10.2 Å². The van der Waals surface area contributed by atoms with E-state index in [1.165, 1.54) is 16.2 Å². The van der Waals surface area contributed by atoms with E-state index in [0.29, 0.717) is 18.8 Å². The van der Waals surface area contributed by atoms with E-state index in [1.807, 2.05) is 48.5 Å². The normalized spacial score (nSPS) is 21.8. The average molecular weight is 365 g/mol. The highest BCUT2D eigenvalue weighted by Gasteiger charge is 2.54. The van der Waals surface area contributed by atoms with Gasteiger partial charge in [0.15, 0.2) is 5.54 Å². The third-order valence-corrected chi connectivity index (χ3v) is 5.91. The molecule has 0 bridgehead atoms. The van der Waals surface area contributed by atoms with Crippen LogP contribution in [-0.2, 0) is 16.9 Å². The fraction of sp³-hybridized carbons (Fsp3) is 0.211. The number of rotatable bonds is 2. The monoisotopic (exact) mass is 365 g/mol. The van der Waals surface area contributed by atoms with Crippen molar-refractivity contribution in [2.75, 3.05) is 6.61 Å². The maximum absolute atomic E-state index is 13.2. The summed E-state index contributed by atoms with van der Waals surface area (Å²) < 4.78 is 6.70. The second-order valence-electron chi connectivity index (χ2n) is 6.40. The van der Waals surface area contributed by atoms with Crippen LogP contribution >= 0.6 is 11.3 Å². The summed E-state index contributed by atoms with van der Waals surface area (Å²) in [6.07, 6.45) is 0.422. The fourth-order valence-electron chi connectivity index (χ4n) is 3.64. The molecule has 0 radical (unpaired) electrons. The van der Waals surface area contributed by atoms with Gasteiger partial charge in [0.2, 0.25) is 0 Å². The van der Waals surface area contributed by atoms with Gasteiger partial charge >= 0.3 is 6.03 Å². The van der Waals surface area contributed by atoms with Crippen LogP contribution in [0.2, 0.25) is 0 Å². The average Bonchev–Trinajstić information content (AvgIpc) is 3.17. The molecule has 0 saturated carbocycles. The number of imide groups is 1. The second kappa shape index (κ2) is 5.54. The van der Waals surface area contributed by atoms with Crippen molar-refractivity contribution < 1.29 is 14.3 Å². The van der Waals surface area contributed by atoms with E-state index in [4.69, 9.17) is 4.74 Å². The van der Waals surface area contributed by atoms with Crippen LogP contribution in [0, 0.1) is 0 Å². The topological polar surface area (TPSA) is 71.5 Å². The molecule has 6 nitrogen and oxygen atoms in total. The predicted octanol–water partition coefficient (Wildman–Crippen LogP) is 3.03. The number of nitrogens with one attached hydrogen (secondary N) is 1. The zero-order valence-electron chi connectivity index (χ0n) is 13.8. The number of thiazole rings is 1. The number of ether oxygens (including phenoxy) is 1. The third kappa shape index (κ3) is 2.13. The first-order chi connectivity index (χ1) is 12.7. The predicted molar refractivity (Wildman–Crippen MR) is 96.9 cm³/mol. The molecule has 2 aliphatic rings. The molecule has 1 N–H and O–H groups in total. The SMILES string of the molecule is O=C1N[C@@]2(CCOc3ccccc32)C(=O)N1Cc1nc2ccccc2s1. The molecule has 2 aromatic carbocycles. The number of benzene rings is 2. The van der Waals surface area contributed by atoms with Crippen molar-refractivity contribution >= 4 is 33.5 Å². The molecule has 1 saturated heterocycles. The lowest BCUT2D eigenvalue weighted by molar-refractivity contribution is -0.133. The Kier molecular flexibility index (Phi) is 3.27. The smallest absolute Gasteiger partial charge is 0.325 e. The van der Waals surface area contributed by atoms with Gasteiger partial charge in [-0.15, -0.1) is 11.3 Å². The molecule has 1 fully saturated rings. The number of para-hydroxylation sites is 2. The van der Waals surface area contributed by atoms with Crippen LogP contribution in [0.1, 0.15) is 17.0 Å². The van der Waals surface area contributed by atoms with Crippen molar-refractivity contribution in [1.82, 2.24) is 15.2 Å². The standard InChI is InChI=1S/C19H15N3O3S/c23-17-19(9-10-25-14-7-3-1-5-12(14)19)21-18(24)22(17)11-16-20-13-6-2-4-8-15(13)26-16/h1-8H,9-11H2,(H,21,24)/t19-/m1/s1. The van der Waals surface area contributed by atoms with Crippen molar-refractivity contribution in [2.45, 2.75) is 18.5 Å². The van der Waals surface area contributed by atoms with Gasteiger partial charge in [-0.3, -0.25) is 9.69 Å². The van der Waals surface area contributed by atoms with Gasteiger partial charge in [0, 0.05) is 12.0 Å². The minimum Gasteiger partial charge on any atom is -0.493 e. The van der Waals surface area contributed by atoms with E-state index in [9.17, 15) is 9.59 Å². The van der Waals surface area contributed by atoms with E-state index in [0.717, 1.165) is 20.8 Å². The molecule has 0 unspecified atom stereocenters. The van der Waals surface area contributed by atoms with Crippen molar-refractivity contribution in [2.24, 2.45) is 0 Å². The molecule has 26 heavy (non-hydrogen) atoms. The Balaban J connectivity index is 1.51. The molecule has 7 heteroatoms. The Labute approximate surface area is 153 Å². The number of fused-ring (bicyclic) bond motifs is 3. The highest BCUT2D eigenvalue weighted by atomic mass is 32.1. The summed E-state index contributed by atoms with van der Waals surface area (Å²) in [5, 5.41) is 3.66. The lowest BCUT2D eigenvalue weighted by atomic mass is 9.84. The number of carbonyl (C=O) groups excluding carboxylic acids is 2. The Bertz CT molecular complexity index is 1010. The van der Waals surface area contributed by atoms with Gasteiger partial charge in [0.05, 0.1) is 23.4 Å². The molecule has 5 rings (SSSR count). The molecule has 1 spiro atoms. The van der Waals surface area contributed by atoms with Gasteiger partial charge in [-0.05, 0) is 18.2 Å². The zero-order chi connectivity index (χ0) is 17.7. The van der Waals surface area contributed by atoms with Crippen LogP contribution in [0.4, 0.5) is 4.79 Å². The van der Waals surface area contributed by atoms with Crippen molar-refractivity contribution in [3.05, 3.63) is 59.1 Å². The van der Waals surface area contributed by atoms with Crippen molar-refractivity contribution in [3.63, 3.8) is 0 Å². The maximum Gasteiger partial charge on any atom is 0.325 e. The highest BCUT2D eigenvalue weighted by Crippen LogP contribution is 2.41. The minimum absolute atomic E-state index is 0.175. The van der Waals surface area contributed by atoms with Crippen LogP contribution in [0.5, 0.6) is 5.75 Å². The number of hydrogen-bond acceptors (Lipinski definition) is 5. The van der Waals surface area contributed by atoms with Gasteiger partial charge in [0.1, 0.15) is 10.8 Å². The van der Waals surface area contributed by atoms with Crippen molar-refractivity contribution in [1.29, 1.82) is 0 Å². The first-order valence-electron chi connectivity index (χ1n) is 8.38. The lowest BCUT2D eigenvalue weighted by Crippen LogP contribution is -2.47. The van der Waals surface area contributed by atoms with Gasteiger partial charge in [-0.25, -0.2) is 9.78 Å². The number of aromatic nitrogens is 1. The molecular formula is C19H15N3O3S. The Hall–Kier alpha value is -2.93. The molecule has 2 aliphatic heterocycles. The first-order valence-corrected chi connectivity index (χ1v) is 9.20. The first kappa shape index (κ1) is 15.3. The molecule has 0 aliphatic carbocycles. The molecule has 3 aromatic rings. The van der Waals surface area contributed by atoms with E-state index in [2.05, 4.69) is 10.3 Å². The molecule has 130 valence electrons. The summed E-state index contributed by atoms with van der Waals surface area (Å²) in [4.78, 5) is 31.7. The number of hydrogen-bond donors (Lipinski definition) is 1. The summed E-state index contributed by atoms with van der Waals surface area (Å²) in [5.41, 5.74) is 0.560. The second-order valence-corrected chi connectivity index (χ2v) is 7.51. The summed E-state index contributed by atoms with van der Waals surface area (Å²) >= 11 is 1.50. The third-order valence-electron chi connectivity index (χ3n) is 4.89. The number of carbonyl (C=O) groups is 2.